The lowest BCUT2D eigenvalue weighted by molar-refractivity contribution is 0.515. The van der Waals surface area contributed by atoms with Gasteiger partial charge >= 0.3 is 0 Å². The van der Waals surface area contributed by atoms with Crippen LogP contribution in [0.2, 0.25) is 0 Å². The lowest BCUT2D eigenvalue weighted by Gasteiger charge is -1.95. The second-order valence-electron chi connectivity index (χ2n) is 4.15. The zero-order chi connectivity index (χ0) is 13.1. The molecule has 0 atom stereocenters. The lowest BCUT2D eigenvalue weighted by Crippen LogP contribution is -2.06. The Kier molecular flexibility index (Phi) is 2.97. The molecular formula is C11H12N8. The third-order valence-electron chi connectivity index (χ3n) is 2.69. The first-order valence-corrected chi connectivity index (χ1v) is 5.88. The summed E-state index contributed by atoms with van der Waals surface area (Å²) < 4.78 is 0. The second kappa shape index (κ2) is 4.92. The van der Waals surface area contributed by atoms with Crippen LogP contribution in [0.1, 0.15) is 11.4 Å². The molecule has 0 aliphatic heterocycles. The van der Waals surface area contributed by atoms with Gasteiger partial charge in [-0.1, -0.05) is 35.0 Å². The van der Waals surface area contributed by atoms with Crippen molar-refractivity contribution in [3.63, 3.8) is 0 Å². The fourth-order valence-corrected chi connectivity index (χ4v) is 1.64. The van der Waals surface area contributed by atoms with E-state index in [1.165, 1.54) is 10.4 Å². The van der Waals surface area contributed by atoms with Crippen molar-refractivity contribution in [1.29, 1.82) is 0 Å². The Bertz CT molecular complexity index is 640. The maximum absolute atomic E-state index is 4.32. The predicted molar refractivity (Wildman–Crippen MR) is 65.9 cm³/mol. The van der Waals surface area contributed by atoms with Gasteiger partial charge in [0.05, 0.1) is 6.54 Å². The highest BCUT2D eigenvalue weighted by Crippen LogP contribution is 2.13. The summed E-state index contributed by atoms with van der Waals surface area (Å²) in [5.74, 6) is 1.25. The molecule has 1 aromatic carbocycles. The summed E-state index contributed by atoms with van der Waals surface area (Å²) >= 11 is 0. The highest BCUT2D eigenvalue weighted by atomic mass is 15.6. The van der Waals surface area contributed by atoms with Gasteiger partial charge in [-0.3, -0.25) is 0 Å². The zero-order valence-electron chi connectivity index (χ0n) is 10.4. The van der Waals surface area contributed by atoms with Crippen molar-refractivity contribution in [2.45, 2.75) is 19.9 Å². The largest absolute Gasteiger partial charge is 0.204 e. The number of rotatable bonds is 4. The maximum Gasteiger partial charge on any atom is 0.204 e. The van der Waals surface area contributed by atoms with Gasteiger partial charge in [0.15, 0.2) is 5.82 Å². The molecular weight excluding hydrogens is 244 g/mol. The molecule has 1 N–H and O–H groups in total. The third-order valence-corrected chi connectivity index (χ3v) is 2.69. The van der Waals surface area contributed by atoms with Crippen molar-refractivity contribution in [1.82, 2.24) is 40.8 Å². The fraction of sp³-hybridized carbons (Fsp3) is 0.273. The van der Waals surface area contributed by atoms with Crippen molar-refractivity contribution in [2.75, 3.05) is 0 Å². The van der Waals surface area contributed by atoms with E-state index in [1.54, 1.807) is 0 Å². The Morgan fingerprint density at radius 1 is 1.16 bits per heavy atom. The van der Waals surface area contributed by atoms with E-state index in [4.69, 9.17) is 0 Å². The Balaban J connectivity index is 1.70. The van der Waals surface area contributed by atoms with Gasteiger partial charge in [-0.2, -0.15) is 10.0 Å². The summed E-state index contributed by atoms with van der Waals surface area (Å²) in [6.45, 7) is 2.61. The SMILES string of the molecule is Cc1ccc(-c2nnn(CCc3nn[nH]n3)n2)cc1. The number of benzene rings is 1. The lowest BCUT2D eigenvalue weighted by atomic mass is 10.1. The third kappa shape index (κ3) is 2.62. The highest BCUT2D eigenvalue weighted by molar-refractivity contribution is 5.53. The zero-order valence-corrected chi connectivity index (χ0v) is 10.4. The number of nitrogens with one attached hydrogen (secondary N) is 1. The van der Waals surface area contributed by atoms with Crippen LogP contribution in [0.15, 0.2) is 24.3 Å². The first-order valence-electron chi connectivity index (χ1n) is 5.88. The Morgan fingerprint density at radius 2 is 2.00 bits per heavy atom. The van der Waals surface area contributed by atoms with E-state index in [2.05, 4.69) is 36.0 Å². The van der Waals surface area contributed by atoms with Crippen molar-refractivity contribution < 1.29 is 0 Å². The molecule has 0 saturated heterocycles. The van der Waals surface area contributed by atoms with Gasteiger partial charge in [0, 0.05) is 12.0 Å². The van der Waals surface area contributed by atoms with E-state index < -0.39 is 0 Å². The molecule has 0 amide bonds. The van der Waals surface area contributed by atoms with Crippen molar-refractivity contribution >= 4 is 0 Å². The molecule has 0 bridgehead atoms. The topological polar surface area (TPSA) is 98.1 Å². The molecule has 3 rings (SSSR count). The van der Waals surface area contributed by atoms with Crippen molar-refractivity contribution in [3.05, 3.63) is 35.7 Å². The molecule has 96 valence electrons. The number of hydrogen-bond donors (Lipinski definition) is 1. The van der Waals surface area contributed by atoms with E-state index in [0.717, 1.165) is 5.56 Å². The van der Waals surface area contributed by atoms with E-state index in [0.29, 0.717) is 24.6 Å². The summed E-state index contributed by atoms with van der Waals surface area (Å²) in [4.78, 5) is 1.53. The molecule has 8 nitrogen and oxygen atoms in total. The molecule has 0 saturated carbocycles. The normalized spacial score (nSPS) is 10.8. The average molecular weight is 256 g/mol. The molecule has 19 heavy (non-hydrogen) atoms. The highest BCUT2D eigenvalue weighted by Gasteiger charge is 2.06. The summed E-state index contributed by atoms with van der Waals surface area (Å²) in [6.07, 6.45) is 0.611. The molecule has 3 aromatic rings. The minimum atomic E-state index is 0.568. The summed E-state index contributed by atoms with van der Waals surface area (Å²) in [5, 5.41) is 26.0. The Labute approximate surface area is 108 Å². The summed E-state index contributed by atoms with van der Waals surface area (Å²) in [7, 11) is 0. The molecule has 2 heterocycles. The van der Waals surface area contributed by atoms with E-state index in [1.807, 2.05) is 31.2 Å². The molecule has 0 unspecified atom stereocenters. The fourth-order valence-electron chi connectivity index (χ4n) is 1.64. The molecule has 0 fully saturated rings. The van der Waals surface area contributed by atoms with Crippen LogP contribution in [0, 0.1) is 6.92 Å². The molecule has 8 heteroatoms. The molecule has 0 aliphatic rings. The van der Waals surface area contributed by atoms with Crippen LogP contribution < -0.4 is 0 Å². The van der Waals surface area contributed by atoms with Crippen molar-refractivity contribution in [2.24, 2.45) is 0 Å². The van der Waals surface area contributed by atoms with Crippen molar-refractivity contribution in [3.8, 4) is 11.4 Å². The van der Waals surface area contributed by atoms with Crippen LogP contribution in [0.3, 0.4) is 0 Å². The van der Waals surface area contributed by atoms with Crippen LogP contribution in [-0.2, 0) is 13.0 Å². The van der Waals surface area contributed by atoms with E-state index in [-0.39, 0.29) is 0 Å². The minimum absolute atomic E-state index is 0.568. The number of aromatic nitrogens is 8. The summed E-state index contributed by atoms with van der Waals surface area (Å²) in [6, 6.07) is 8.01. The Hall–Kier alpha value is -2.64. The van der Waals surface area contributed by atoms with Gasteiger partial charge in [0.2, 0.25) is 5.82 Å². The number of hydrogen-bond acceptors (Lipinski definition) is 6. The number of aromatic amines is 1. The monoisotopic (exact) mass is 256 g/mol. The molecule has 0 aliphatic carbocycles. The molecule has 0 spiro atoms. The standard InChI is InChI=1S/C11H12N8/c1-8-2-4-9(5-3-8)11-14-18-19(15-11)7-6-10-12-16-17-13-10/h2-5H,6-7H2,1H3,(H,12,13,16,17). The first kappa shape index (κ1) is 11.5. The average Bonchev–Trinajstić information content (AvgIpc) is 3.09. The van der Waals surface area contributed by atoms with Crippen LogP contribution in [0.5, 0.6) is 0 Å². The first-order chi connectivity index (χ1) is 9.31. The van der Waals surface area contributed by atoms with E-state index in [9.17, 15) is 0 Å². The number of aryl methyl sites for hydroxylation is 3. The Morgan fingerprint density at radius 3 is 2.74 bits per heavy atom. The summed E-state index contributed by atoms with van der Waals surface area (Å²) in [5.41, 5.74) is 2.16. The van der Waals surface area contributed by atoms with Gasteiger partial charge in [0.25, 0.3) is 0 Å². The number of tetrazole rings is 2. The van der Waals surface area contributed by atoms with Gasteiger partial charge in [-0.05, 0) is 12.1 Å². The van der Waals surface area contributed by atoms with Gasteiger partial charge in [-0.25, -0.2) is 0 Å². The van der Waals surface area contributed by atoms with Gasteiger partial charge in [0.1, 0.15) is 0 Å². The van der Waals surface area contributed by atoms with Crippen LogP contribution in [0.4, 0.5) is 0 Å². The maximum atomic E-state index is 4.32. The predicted octanol–water partition coefficient (Wildman–Crippen LogP) is 0.404. The number of nitrogens with zero attached hydrogens (tertiary/aromatic N) is 7. The van der Waals surface area contributed by atoms with Gasteiger partial charge < -0.3 is 0 Å². The molecule has 0 radical (unpaired) electrons. The molecule has 2 aromatic heterocycles. The quantitative estimate of drug-likeness (QED) is 0.725. The minimum Gasteiger partial charge on any atom is -0.177 e. The van der Waals surface area contributed by atoms with Crippen LogP contribution in [0.25, 0.3) is 11.4 Å². The van der Waals surface area contributed by atoms with Crippen LogP contribution in [-0.4, -0.2) is 40.8 Å². The van der Waals surface area contributed by atoms with E-state index >= 15 is 0 Å². The second-order valence-corrected chi connectivity index (χ2v) is 4.15. The smallest absolute Gasteiger partial charge is 0.177 e. The van der Waals surface area contributed by atoms with Crippen LogP contribution >= 0.6 is 0 Å². The van der Waals surface area contributed by atoms with Gasteiger partial charge in [-0.15, -0.1) is 20.4 Å². The number of H-pyrrole nitrogens is 1.